The Bertz CT molecular complexity index is 443. The average molecular weight is 203 g/mol. The molecule has 0 atom stereocenters. The Labute approximate surface area is 74.5 Å². The van der Waals surface area contributed by atoms with Crippen molar-refractivity contribution in [3.63, 3.8) is 0 Å². The summed E-state index contributed by atoms with van der Waals surface area (Å²) in [4.78, 5) is 0. The first-order valence-electron chi connectivity index (χ1n) is 3.52. The lowest BCUT2D eigenvalue weighted by molar-refractivity contribution is 0.482. The molecule has 0 bridgehead atoms. The summed E-state index contributed by atoms with van der Waals surface area (Å²) >= 11 is 0. The minimum absolute atomic E-state index is 0.132. The molecule has 70 valence electrons. The second-order valence-corrected chi connectivity index (χ2v) is 4.17. The molecule has 6 heteroatoms. The molecule has 0 unspecified atom stereocenters. The molecule has 1 aliphatic rings. The smallest absolute Gasteiger partial charge is 0.327 e. The molecule has 2 rings (SSSR count). The Morgan fingerprint density at radius 3 is 3.00 bits per heavy atom. The van der Waals surface area contributed by atoms with Crippen LogP contribution < -0.4 is 9.50 Å². The zero-order valence-electron chi connectivity index (χ0n) is 6.45. The van der Waals surface area contributed by atoms with Crippen LogP contribution >= 0.6 is 0 Å². The van der Waals surface area contributed by atoms with E-state index in [-0.39, 0.29) is 11.6 Å². The van der Waals surface area contributed by atoms with Gasteiger partial charge in [0, 0.05) is 6.07 Å². The van der Waals surface area contributed by atoms with Crippen molar-refractivity contribution < 1.29 is 17.0 Å². The molecule has 4 nitrogen and oxygen atoms in total. The minimum Gasteiger partial charge on any atom is -0.379 e. The lowest BCUT2D eigenvalue weighted by Crippen LogP contribution is -2.25. The van der Waals surface area contributed by atoms with E-state index >= 15 is 0 Å². The van der Waals surface area contributed by atoms with Crippen LogP contribution in [0.1, 0.15) is 0 Å². The number of fused-ring (bicyclic) bond motifs is 1. The van der Waals surface area contributed by atoms with Crippen molar-refractivity contribution in [3.05, 3.63) is 24.0 Å². The monoisotopic (exact) mass is 203 g/mol. The number of hydrogen-bond acceptors (Lipinski definition) is 4. The van der Waals surface area contributed by atoms with Gasteiger partial charge in [-0.25, -0.2) is 4.39 Å². The Morgan fingerprint density at radius 1 is 1.46 bits per heavy atom. The summed E-state index contributed by atoms with van der Waals surface area (Å²) in [6, 6.07) is 3.60. The van der Waals surface area contributed by atoms with E-state index in [4.69, 9.17) is 0 Å². The maximum atomic E-state index is 12.6. The second kappa shape index (κ2) is 2.59. The average Bonchev–Trinajstić information content (AvgIpc) is 2.05. The van der Waals surface area contributed by atoms with Crippen molar-refractivity contribution in [3.8, 4) is 5.75 Å². The maximum Gasteiger partial charge on any atom is 0.327 e. The zero-order valence-corrected chi connectivity index (χ0v) is 7.27. The lowest BCUT2D eigenvalue weighted by atomic mass is 10.3. The standard InChI is InChI=1S/C7H6FNO3S/c8-5-1-2-7-6(3-5)9-4-13(10,11)12-7/h1-3,9H,4H2. The summed E-state index contributed by atoms with van der Waals surface area (Å²) < 4.78 is 39.1. The molecule has 0 spiro atoms. The minimum atomic E-state index is -3.54. The quantitative estimate of drug-likeness (QED) is 0.637. The number of halogens is 1. The van der Waals surface area contributed by atoms with Gasteiger partial charge in [-0.1, -0.05) is 0 Å². The maximum absolute atomic E-state index is 12.6. The van der Waals surface area contributed by atoms with Gasteiger partial charge in [-0.15, -0.1) is 0 Å². The SMILES string of the molecule is O=S1(=O)CNc2cc(F)ccc2O1. The Balaban J connectivity index is 2.48. The van der Waals surface area contributed by atoms with E-state index in [2.05, 4.69) is 9.50 Å². The van der Waals surface area contributed by atoms with Gasteiger partial charge in [-0.2, -0.15) is 8.42 Å². The molecule has 0 aromatic heterocycles. The fourth-order valence-corrected chi connectivity index (χ4v) is 1.86. The van der Waals surface area contributed by atoms with Gasteiger partial charge in [-0.3, -0.25) is 0 Å². The van der Waals surface area contributed by atoms with Gasteiger partial charge in [-0.05, 0) is 12.1 Å². The Hall–Kier alpha value is -1.30. The predicted molar refractivity (Wildman–Crippen MR) is 44.4 cm³/mol. The largest absolute Gasteiger partial charge is 0.379 e. The third kappa shape index (κ3) is 1.57. The lowest BCUT2D eigenvalue weighted by Gasteiger charge is -2.18. The first-order valence-corrected chi connectivity index (χ1v) is 5.10. The number of hydrogen-bond donors (Lipinski definition) is 1. The molecule has 0 amide bonds. The third-order valence-electron chi connectivity index (χ3n) is 1.60. The van der Waals surface area contributed by atoms with E-state index in [1.807, 2.05) is 0 Å². The van der Waals surface area contributed by atoms with Crippen LogP contribution in [0.5, 0.6) is 5.75 Å². The predicted octanol–water partition coefficient (Wildman–Crippen LogP) is 0.917. The summed E-state index contributed by atoms with van der Waals surface area (Å²) in [5.41, 5.74) is 0.356. The summed E-state index contributed by atoms with van der Waals surface area (Å²) in [5.74, 6) is -0.634. The molecule has 1 aromatic rings. The van der Waals surface area contributed by atoms with Crippen LogP contribution in [-0.2, 0) is 10.1 Å². The topological polar surface area (TPSA) is 55.4 Å². The van der Waals surface area contributed by atoms with Crippen molar-refractivity contribution >= 4 is 15.8 Å². The van der Waals surface area contributed by atoms with Gasteiger partial charge >= 0.3 is 10.1 Å². The first-order chi connectivity index (χ1) is 6.07. The van der Waals surface area contributed by atoms with Gasteiger partial charge in [0.15, 0.2) is 11.6 Å². The normalized spacial score (nSPS) is 18.2. The molecule has 0 fully saturated rings. The molecule has 13 heavy (non-hydrogen) atoms. The summed E-state index contributed by atoms with van der Waals surface area (Å²) in [6.07, 6.45) is 0. The molecular formula is C7H6FNO3S. The van der Waals surface area contributed by atoms with Gasteiger partial charge in [0.25, 0.3) is 0 Å². The van der Waals surface area contributed by atoms with E-state index < -0.39 is 15.9 Å². The van der Waals surface area contributed by atoms with Crippen LogP contribution in [0, 0.1) is 5.82 Å². The van der Waals surface area contributed by atoms with E-state index in [0.29, 0.717) is 5.69 Å². The molecular weight excluding hydrogens is 197 g/mol. The van der Waals surface area contributed by atoms with Crippen LogP contribution in [0.4, 0.5) is 10.1 Å². The van der Waals surface area contributed by atoms with Gasteiger partial charge in [0.05, 0.1) is 5.69 Å². The molecule has 1 N–H and O–H groups in total. The summed E-state index contributed by atoms with van der Waals surface area (Å²) in [6.45, 7) is 0. The van der Waals surface area contributed by atoms with Crippen LogP contribution in [-0.4, -0.2) is 14.3 Å². The first kappa shape index (κ1) is 8.31. The molecule has 1 aromatic carbocycles. The molecule has 0 saturated heterocycles. The van der Waals surface area contributed by atoms with E-state index in [0.717, 1.165) is 6.07 Å². The van der Waals surface area contributed by atoms with Crippen LogP contribution in [0.2, 0.25) is 0 Å². The highest BCUT2D eigenvalue weighted by molar-refractivity contribution is 7.87. The second-order valence-electron chi connectivity index (χ2n) is 2.60. The number of nitrogens with one attached hydrogen (secondary N) is 1. The van der Waals surface area contributed by atoms with Crippen LogP contribution in [0.25, 0.3) is 0 Å². The molecule has 1 aliphatic heterocycles. The third-order valence-corrected chi connectivity index (χ3v) is 2.53. The van der Waals surface area contributed by atoms with Crippen molar-refractivity contribution in [1.29, 1.82) is 0 Å². The fraction of sp³-hybridized carbons (Fsp3) is 0.143. The molecule has 0 aliphatic carbocycles. The molecule has 0 saturated carbocycles. The van der Waals surface area contributed by atoms with Crippen LogP contribution in [0.3, 0.4) is 0 Å². The summed E-state index contributed by atoms with van der Waals surface area (Å²) in [7, 11) is -3.54. The van der Waals surface area contributed by atoms with Crippen molar-refractivity contribution in [1.82, 2.24) is 0 Å². The van der Waals surface area contributed by atoms with Gasteiger partial charge < -0.3 is 9.50 Å². The van der Waals surface area contributed by atoms with Gasteiger partial charge in [0.2, 0.25) is 0 Å². The summed E-state index contributed by atoms with van der Waals surface area (Å²) in [5, 5.41) is 2.54. The van der Waals surface area contributed by atoms with E-state index in [1.165, 1.54) is 12.1 Å². The number of anilines is 1. The number of rotatable bonds is 0. The number of benzene rings is 1. The zero-order chi connectivity index (χ0) is 9.47. The van der Waals surface area contributed by atoms with E-state index in [1.54, 1.807) is 0 Å². The van der Waals surface area contributed by atoms with Crippen molar-refractivity contribution in [2.45, 2.75) is 0 Å². The van der Waals surface area contributed by atoms with Crippen molar-refractivity contribution in [2.75, 3.05) is 11.2 Å². The molecule has 0 radical (unpaired) electrons. The van der Waals surface area contributed by atoms with E-state index in [9.17, 15) is 12.8 Å². The Morgan fingerprint density at radius 2 is 2.23 bits per heavy atom. The molecule has 1 heterocycles. The fourth-order valence-electron chi connectivity index (χ4n) is 1.05. The van der Waals surface area contributed by atoms with Crippen LogP contribution in [0.15, 0.2) is 18.2 Å². The highest BCUT2D eigenvalue weighted by atomic mass is 32.2. The van der Waals surface area contributed by atoms with Crippen molar-refractivity contribution in [2.24, 2.45) is 0 Å². The highest BCUT2D eigenvalue weighted by Gasteiger charge is 2.21. The highest BCUT2D eigenvalue weighted by Crippen LogP contribution is 2.29. The van der Waals surface area contributed by atoms with Gasteiger partial charge in [0.1, 0.15) is 5.82 Å². The Kier molecular flexibility index (Phi) is 1.66.